The van der Waals surface area contributed by atoms with Gasteiger partial charge in [-0.15, -0.1) is 0 Å². The molecule has 0 aromatic heterocycles. The van der Waals surface area contributed by atoms with Crippen LogP contribution in [0.5, 0.6) is 0 Å². The van der Waals surface area contributed by atoms with Gasteiger partial charge in [-0.3, -0.25) is 0 Å². The molecule has 4 nitrogen and oxygen atoms in total. The Morgan fingerprint density at radius 2 is 1.65 bits per heavy atom. The number of benzene rings is 2. The van der Waals surface area contributed by atoms with E-state index in [4.69, 9.17) is 4.74 Å². The van der Waals surface area contributed by atoms with E-state index in [9.17, 15) is 9.59 Å². The van der Waals surface area contributed by atoms with Crippen LogP contribution in [0.2, 0.25) is 0 Å². The van der Waals surface area contributed by atoms with Gasteiger partial charge in [0.05, 0.1) is 0 Å². The molecule has 0 N–H and O–H groups in total. The van der Waals surface area contributed by atoms with E-state index in [1.165, 1.54) is 11.9 Å². The zero-order valence-electron chi connectivity index (χ0n) is 15.4. The van der Waals surface area contributed by atoms with Gasteiger partial charge in [0.2, 0.25) is 0 Å². The number of rotatable bonds is 7. The second-order valence-electron chi connectivity index (χ2n) is 6.96. The van der Waals surface area contributed by atoms with Crippen molar-refractivity contribution in [3.05, 3.63) is 66.2 Å². The van der Waals surface area contributed by atoms with Crippen LogP contribution < -0.4 is 0 Å². The molecule has 2 rings (SSSR count). The molecule has 1 amide bonds. The third kappa shape index (κ3) is 6.56. The van der Waals surface area contributed by atoms with Crippen molar-refractivity contribution in [3.8, 4) is 0 Å². The smallest absolute Gasteiger partial charge is 0.420 e. The third-order valence-corrected chi connectivity index (χ3v) is 4.60. The maximum atomic E-state index is 12.7. The summed E-state index contributed by atoms with van der Waals surface area (Å²) < 4.78 is 7.16. The lowest BCUT2D eigenvalue weighted by Gasteiger charge is -2.29. The number of amides is 1. The summed E-state index contributed by atoms with van der Waals surface area (Å²) in [6.45, 7) is 5.92. The minimum Gasteiger partial charge on any atom is -0.443 e. The van der Waals surface area contributed by atoms with Gasteiger partial charge >= 0.3 is 6.09 Å². The fourth-order valence-electron chi connectivity index (χ4n) is 2.43. The summed E-state index contributed by atoms with van der Waals surface area (Å²) in [4.78, 5) is 24.9. The van der Waals surface area contributed by atoms with Crippen LogP contribution >= 0.6 is 11.9 Å². The first-order valence-electron chi connectivity index (χ1n) is 8.61. The summed E-state index contributed by atoms with van der Waals surface area (Å²) >= 11 is 1.33. The highest BCUT2D eigenvalue weighted by Gasteiger charge is 2.26. The Balaban J connectivity index is 2.23. The summed E-state index contributed by atoms with van der Waals surface area (Å²) in [6.07, 6.45) is 0.842. The summed E-state index contributed by atoms with van der Waals surface area (Å²) in [6, 6.07) is 19.4. The Hall–Kier alpha value is -2.27. The molecule has 0 spiro atoms. The molecule has 0 saturated heterocycles. The number of hydrogen-bond donors (Lipinski definition) is 0. The quantitative estimate of drug-likeness (QED) is 0.489. The van der Waals surface area contributed by atoms with E-state index in [0.29, 0.717) is 13.0 Å². The summed E-state index contributed by atoms with van der Waals surface area (Å²) in [5.41, 5.74) is 0.446. The number of aldehydes is 1. The molecular weight excluding hydrogens is 346 g/mol. The van der Waals surface area contributed by atoms with Gasteiger partial charge in [-0.05, 0) is 50.4 Å². The minimum atomic E-state index is -0.584. The van der Waals surface area contributed by atoms with Gasteiger partial charge in [-0.1, -0.05) is 48.5 Å². The van der Waals surface area contributed by atoms with E-state index in [1.807, 2.05) is 81.4 Å². The van der Waals surface area contributed by atoms with Crippen molar-refractivity contribution in [1.82, 2.24) is 4.31 Å². The standard InChI is InChI=1S/C21H25NO3S/c1-21(2,3)25-20(24)22(26-19-12-8-5-9-13-19)16-18(14-15-23)17-10-6-4-7-11-17/h4-13,15,18H,14,16H2,1-3H3. The van der Waals surface area contributed by atoms with Crippen LogP contribution in [0.25, 0.3) is 0 Å². The largest absolute Gasteiger partial charge is 0.443 e. The third-order valence-electron chi connectivity index (χ3n) is 3.59. The van der Waals surface area contributed by atoms with Gasteiger partial charge in [0.1, 0.15) is 11.9 Å². The molecule has 0 saturated carbocycles. The second kappa shape index (κ2) is 9.43. The normalized spacial score (nSPS) is 12.3. The van der Waals surface area contributed by atoms with Crippen LogP contribution in [0.3, 0.4) is 0 Å². The Bertz CT molecular complexity index is 698. The minimum absolute atomic E-state index is 0.0857. The Morgan fingerprint density at radius 1 is 1.08 bits per heavy atom. The summed E-state index contributed by atoms with van der Waals surface area (Å²) in [5, 5.41) is 0. The first-order valence-corrected chi connectivity index (χ1v) is 9.38. The van der Waals surface area contributed by atoms with Gasteiger partial charge in [-0.2, -0.15) is 0 Å². The lowest BCUT2D eigenvalue weighted by molar-refractivity contribution is -0.108. The van der Waals surface area contributed by atoms with Crippen molar-refractivity contribution >= 4 is 24.3 Å². The average Bonchev–Trinajstić information content (AvgIpc) is 2.61. The van der Waals surface area contributed by atoms with Crippen molar-refractivity contribution in [1.29, 1.82) is 0 Å². The molecule has 2 aromatic rings. The second-order valence-corrected chi connectivity index (χ2v) is 8.05. The van der Waals surface area contributed by atoms with Crippen LogP contribution in [-0.2, 0) is 9.53 Å². The summed E-state index contributed by atoms with van der Waals surface area (Å²) in [7, 11) is 0. The van der Waals surface area contributed by atoms with Crippen LogP contribution in [0, 0.1) is 0 Å². The van der Waals surface area contributed by atoms with Crippen molar-refractivity contribution in [3.63, 3.8) is 0 Å². The maximum Gasteiger partial charge on any atom is 0.420 e. The molecule has 5 heteroatoms. The number of carbonyl (C=O) groups excluding carboxylic acids is 2. The van der Waals surface area contributed by atoms with Gasteiger partial charge in [-0.25, -0.2) is 9.10 Å². The molecule has 0 bridgehead atoms. The lowest BCUT2D eigenvalue weighted by Crippen LogP contribution is -2.35. The topological polar surface area (TPSA) is 46.6 Å². The predicted molar refractivity (Wildman–Crippen MR) is 105 cm³/mol. The number of ether oxygens (including phenoxy) is 1. The van der Waals surface area contributed by atoms with Crippen LogP contribution in [0.4, 0.5) is 4.79 Å². The number of nitrogens with zero attached hydrogens (tertiary/aromatic N) is 1. The highest BCUT2D eigenvalue weighted by atomic mass is 32.2. The maximum absolute atomic E-state index is 12.7. The monoisotopic (exact) mass is 371 g/mol. The molecule has 26 heavy (non-hydrogen) atoms. The first-order chi connectivity index (χ1) is 12.4. The average molecular weight is 372 g/mol. The van der Waals surface area contributed by atoms with Crippen molar-refractivity contribution < 1.29 is 14.3 Å². The summed E-state index contributed by atoms with van der Waals surface area (Å²) in [5.74, 6) is -0.0857. The fourth-order valence-corrected chi connectivity index (χ4v) is 3.33. The molecule has 0 aliphatic carbocycles. The fraction of sp³-hybridized carbons (Fsp3) is 0.333. The predicted octanol–water partition coefficient (Wildman–Crippen LogP) is 5.30. The van der Waals surface area contributed by atoms with Gasteiger partial charge in [0.25, 0.3) is 0 Å². The van der Waals surface area contributed by atoms with Crippen molar-refractivity contribution in [2.75, 3.05) is 6.54 Å². The van der Waals surface area contributed by atoms with Crippen molar-refractivity contribution in [2.24, 2.45) is 0 Å². The highest BCUT2D eigenvalue weighted by Crippen LogP contribution is 2.29. The number of carbonyl (C=O) groups is 2. The number of hydrogen-bond acceptors (Lipinski definition) is 4. The molecule has 2 aromatic carbocycles. The molecule has 0 heterocycles. The molecular formula is C21H25NO3S. The van der Waals surface area contributed by atoms with E-state index in [-0.39, 0.29) is 5.92 Å². The molecule has 1 unspecified atom stereocenters. The van der Waals surface area contributed by atoms with Gasteiger partial charge < -0.3 is 9.53 Å². The Labute approximate surface area is 159 Å². The van der Waals surface area contributed by atoms with E-state index in [1.54, 1.807) is 4.31 Å². The van der Waals surface area contributed by atoms with Crippen molar-refractivity contribution in [2.45, 2.75) is 43.6 Å². The molecule has 0 aliphatic heterocycles. The van der Waals surface area contributed by atoms with Gasteiger partial charge in [0, 0.05) is 23.8 Å². The molecule has 0 radical (unpaired) electrons. The SMILES string of the molecule is CC(C)(C)OC(=O)N(CC(CC=O)c1ccccc1)Sc1ccccc1. The molecule has 1 atom stereocenters. The van der Waals surface area contributed by atoms with Gasteiger partial charge in [0.15, 0.2) is 0 Å². The lowest BCUT2D eigenvalue weighted by atomic mass is 9.96. The Morgan fingerprint density at radius 3 is 2.19 bits per heavy atom. The van der Waals surface area contributed by atoms with E-state index in [2.05, 4.69) is 0 Å². The van der Waals surface area contributed by atoms with E-state index in [0.717, 1.165) is 16.7 Å². The molecule has 138 valence electrons. The zero-order chi connectivity index (χ0) is 19.0. The van der Waals surface area contributed by atoms with E-state index >= 15 is 0 Å². The highest BCUT2D eigenvalue weighted by molar-refractivity contribution is 7.97. The van der Waals surface area contributed by atoms with E-state index < -0.39 is 11.7 Å². The molecule has 0 fully saturated rings. The first kappa shape index (κ1) is 20.0. The molecule has 0 aliphatic rings. The zero-order valence-corrected chi connectivity index (χ0v) is 16.2. The van der Waals surface area contributed by atoms with Crippen LogP contribution in [-0.4, -0.2) is 28.8 Å². The van der Waals surface area contributed by atoms with Crippen LogP contribution in [0.1, 0.15) is 38.7 Å². The Kier molecular flexibility index (Phi) is 7.27. The van der Waals surface area contributed by atoms with Crippen LogP contribution in [0.15, 0.2) is 65.6 Å².